The lowest BCUT2D eigenvalue weighted by Gasteiger charge is -2.37. The molecule has 0 bridgehead atoms. The first kappa shape index (κ1) is 14.6. The summed E-state index contributed by atoms with van der Waals surface area (Å²) in [6.07, 6.45) is 0. The van der Waals surface area contributed by atoms with Gasteiger partial charge in [-0.1, -0.05) is 6.07 Å². The van der Waals surface area contributed by atoms with E-state index >= 15 is 0 Å². The topological polar surface area (TPSA) is 84.2 Å². The number of hydrogen-bond acceptors (Lipinski definition) is 5. The number of carboxylic acid groups (broad SMARTS) is 1. The third kappa shape index (κ3) is 3.20. The lowest BCUT2D eigenvalue weighted by molar-refractivity contribution is -0.138. The van der Waals surface area contributed by atoms with Crippen LogP contribution in [-0.2, 0) is 4.79 Å². The molecule has 0 radical (unpaired) electrons. The minimum atomic E-state index is -0.815. The summed E-state index contributed by atoms with van der Waals surface area (Å²) in [6.45, 7) is 4.76. The van der Waals surface area contributed by atoms with E-state index < -0.39 is 5.97 Å². The Bertz CT molecular complexity index is 464. The Kier molecular flexibility index (Phi) is 4.46. The monoisotopic (exact) mass is 280 g/mol. The van der Waals surface area contributed by atoms with Crippen molar-refractivity contribution < 1.29 is 20.1 Å². The molecular formula is C14H20N2O4. The minimum absolute atomic E-state index is 0.0596. The Morgan fingerprint density at radius 1 is 1.20 bits per heavy atom. The number of hydrogen-bond donors (Lipinski definition) is 3. The van der Waals surface area contributed by atoms with Crippen molar-refractivity contribution in [2.24, 2.45) is 0 Å². The van der Waals surface area contributed by atoms with Crippen LogP contribution in [0.4, 0.5) is 0 Å². The molecule has 6 nitrogen and oxygen atoms in total. The quantitative estimate of drug-likeness (QED) is 0.758. The van der Waals surface area contributed by atoms with Crippen LogP contribution in [-0.4, -0.2) is 63.8 Å². The smallest absolute Gasteiger partial charge is 0.317 e. The highest BCUT2D eigenvalue weighted by molar-refractivity contribution is 5.69. The van der Waals surface area contributed by atoms with E-state index in [2.05, 4.69) is 4.90 Å². The highest BCUT2D eigenvalue weighted by atomic mass is 16.4. The van der Waals surface area contributed by atoms with Crippen LogP contribution in [0, 0.1) is 0 Å². The molecule has 1 fully saturated rings. The maximum absolute atomic E-state index is 10.7. The lowest BCUT2D eigenvalue weighted by Crippen LogP contribution is -2.48. The predicted molar refractivity (Wildman–Crippen MR) is 73.8 cm³/mol. The Hall–Kier alpha value is -1.79. The number of carbonyl (C=O) groups is 1. The second kappa shape index (κ2) is 6.11. The van der Waals surface area contributed by atoms with E-state index in [0.717, 1.165) is 0 Å². The Labute approximate surface area is 117 Å². The van der Waals surface area contributed by atoms with Crippen LogP contribution in [0.25, 0.3) is 0 Å². The number of piperazine rings is 1. The molecular weight excluding hydrogens is 260 g/mol. The third-order valence-corrected chi connectivity index (χ3v) is 3.79. The van der Waals surface area contributed by atoms with Crippen molar-refractivity contribution in [1.82, 2.24) is 9.80 Å². The van der Waals surface area contributed by atoms with E-state index in [0.29, 0.717) is 31.7 Å². The van der Waals surface area contributed by atoms with Crippen LogP contribution in [0.15, 0.2) is 18.2 Å². The second-order valence-electron chi connectivity index (χ2n) is 5.09. The number of phenols is 2. The molecule has 1 aliphatic heterocycles. The largest absolute Gasteiger partial charge is 0.507 e. The van der Waals surface area contributed by atoms with Gasteiger partial charge in [0.15, 0.2) is 0 Å². The van der Waals surface area contributed by atoms with Gasteiger partial charge in [0, 0.05) is 32.2 Å². The predicted octanol–water partition coefficient (Wildman–Crippen LogP) is 0.861. The van der Waals surface area contributed by atoms with E-state index in [1.54, 1.807) is 18.2 Å². The van der Waals surface area contributed by atoms with Gasteiger partial charge in [-0.15, -0.1) is 0 Å². The summed E-state index contributed by atoms with van der Waals surface area (Å²) < 4.78 is 0. The van der Waals surface area contributed by atoms with Gasteiger partial charge in [0.1, 0.15) is 11.5 Å². The molecule has 1 saturated heterocycles. The molecule has 1 unspecified atom stereocenters. The molecule has 6 heteroatoms. The number of carboxylic acids is 1. The van der Waals surface area contributed by atoms with Gasteiger partial charge in [-0.25, -0.2) is 0 Å². The van der Waals surface area contributed by atoms with Gasteiger partial charge in [0.05, 0.1) is 12.1 Å². The van der Waals surface area contributed by atoms with E-state index in [1.165, 1.54) is 0 Å². The number of benzene rings is 1. The van der Waals surface area contributed by atoms with E-state index in [4.69, 9.17) is 5.11 Å². The SMILES string of the molecule is CC(c1c(O)cccc1O)N1CCN(CC(=O)O)CC1. The van der Waals surface area contributed by atoms with Crippen LogP contribution in [0.1, 0.15) is 18.5 Å². The van der Waals surface area contributed by atoms with Gasteiger partial charge in [-0.2, -0.15) is 0 Å². The summed E-state index contributed by atoms with van der Waals surface area (Å²) in [5.41, 5.74) is 0.527. The van der Waals surface area contributed by atoms with Gasteiger partial charge in [0.25, 0.3) is 0 Å². The molecule has 1 aliphatic rings. The fraction of sp³-hybridized carbons (Fsp3) is 0.500. The maximum Gasteiger partial charge on any atom is 0.317 e. The number of aromatic hydroxyl groups is 2. The fourth-order valence-electron chi connectivity index (χ4n) is 2.65. The van der Waals surface area contributed by atoms with Gasteiger partial charge in [-0.05, 0) is 19.1 Å². The van der Waals surface area contributed by atoms with Crippen LogP contribution >= 0.6 is 0 Å². The van der Waals surface area contributed by atoms with Gasteiger partial charge in [0.2, 0.25) is 0 Å². The Balaban J connectivity index is 2.01. The molecule has 0 spiro atoms. The van der Waals surface area contributed by atoms with Gasteiger partial charge >= 0.3 is 5.97 Å². The average molecular weight is 280 g/mol. The third-order valence-electron chi connectivity index (χ3n) is 3.79. The molecule has 1 heterocycles. The molecule has 0 aliphatic carbocycles. The molecule has 0 amide bonds. The molecule has 0 saturated carbocycles. The number of aliphatic carboxylic acids is 1. The molecule has 3 N–H and O–H groups in total. The summed E-state index contributed by atoms with van der Waals surface area (Å²) in [5.74, 6) is -0.638. The molecule has 20 heavy (non-hydrogen) atoms. The van der Waals surface area contributed by atoms with Crippen molar-refractivity contribution in [2.45, 2.75) is 13.0 Å². The van der Waals surface area contributed by atoms with Crippen LogP contribution in [0.2, 0.25) is 0 Å². The standard InChI is InChI=1S/C14H20N2O4/c1-10(14-11(17)3-2-4-12(14)18)16-7-5-15(6-8-16)9-13(19)20/h2-4,10,17-18H,5-9H2,1H3,(H,19,20). The highest BCUT2D eigenvalue weighted by Gasteiger charge is 2.26. The minimum Gasteiger partial charge on any atom is -0.507 e. The van der Waals surface area contributed by atoms with Crippen molar-refractivity contribution >= 4 is 5.97 Å². The lowest BCUT2D eigenvalue weighted by atomic mass is 10.0. The summed E-state index contributed by atoms with van der Waals surface area (Å²) in [4.78, 5) is 14.7. The van der Waals surface area contributed by atoms with Crippen LogP contribution in [0.3, 0.4) is 0 Å². The Morgan fingerprint density at radius 2 is 1.75 bits per heavy atom. The van der Waals surface area contributed by atoms with Gasteiger partial charge in [-0.3, -0.25) is 14.6 Å². The second-order valence-corrected chi connectivity index (χ2v) is 5.09. The van der Waals surface area contributed by atoms with Gasteiger partial charge < -0.3 is 15.3 Å². The summed E-state index contributed by atoms with van der Waals surface area (Å²) in [6, 6.07) is 4.62. The average Bonchev–Trinajstić information content (AvgIpc) is 2.38. The first-order chi connectivity index (χ1) is 9.49. The number of rotatable bonds is 4. The number of nitrogens with zero attached hydrogens (tertiary/aromatic N) is 2. The molecule has 2 rings (SSSR count). The van der Waals surface area contributed by atoms with Crippen molar-refractivity contribution in [3.63, 3.8) is 0 Å². The van der Waals surface area contributed by atoms with Crippen LogP contribution in [0.5, 0.6) is 11.5 Å². The Morgan fingerprint density at radius 3 is 2.25 bits per heavy atom. The summed E-state index contributed by atoms with van der Waals surface area (Å²) in [7, 11) is 0. The first-order valence-electron chi connectivity index (χ1n) is 6.68. The van der Waals surface area contributed by atoms with E-state index in [9.17, 15) is 15.0 Å². The zero-order valence-corrected chi connectivity index (χ0v) is 11.5. The number of phenolic OH excluding ortho intramolecular Hbond substituents is 2. The van der Waals surface area contributed by atoms with E-state index in [-0.39, 0.29) is 24.1 Å². The molecule has 1 atom stereocenters. The van der Waals surface area contributed by atoms with Crippen molar-refractivity contribution in [1.29, 1.82) is 0 Å². The van der Waals surface area contributed by atoms with Crippen molar-refractivity contribution in [3.8, 4) is 11.5 Å². The summed E-state index contributed by atoms with van der Waals surface area (Å²) >= 11 is 0. The molecule has 110 valence electrons. The molecule has 1 aromatic rings. The maximum atomic E-state index is 10.7. The fourth-order valence-corrected chi connectivity index (χ4v) is 2.65. The highest BCUT2D eigenvalue weighted by Crippen LogP contribution is 2.35. The van der Waals surface area contributed by atoms with Crippen molar-refractivity contribution in [2.75, 3.05) is 32.7 Å². The van der Waals surface area contributed by atoms with E-state index in [1.807, 2.05) is 11.8 Å². The molecule has 1 aromatic carbocycles. The van der Waals surface area contributed by atoms with Crippen molar-refractivity contribution in [3.05, 3.63) is 23.8 Å². The molecule has 0 aromatic heterocycles. The summed E-state index contributed by atoms with van der Waals surface area (Å²) in [5, 5.41) is 28.5. The first-order valence-corrected chi connectivity index (χ1v) is 6.68. The normalized spacial score (nSPS) is 18.9. The zero-order chi connectivity index (χ0) is 14.7. The van der Waals surface area contributed by atoms with Crippen LogP contribution < -0.4 is 0 Å². The zero-order valence-electron chi connectivity index (χ0n) is 11.5.